The van der Waals surface area contributed by atoms with E-state index in [4.69, 9.17) is 4.74 Å². The predicted octanol–water partition coefficient (Wildman–Crippen LogP) is 1.71. The second-order valence-electron chi connectivity index (χ2n) is 5.65. The fraction of sp³-hybridized carbons (Fsp3) is 0.857. The Morgan fingerprint density at radius 1 is 1.45 bits per heavy atom. The van der Waals surface area contributed by atoms with Crippen LogP contribution in [-0.2, 0) is 14.3 Å². The number of likely N-dealkylation sites (tertiary alicyclic amines) is 1. The normalized spacial score (nSPS) is 24.1. The molecule has 1 amide bonds. The van der Waals surface area contributed by atoms with E-state index in [0.29, 0.717) is 13.0 Å². The molecule has 1 aliphatic rings. The molecule has 1 saturated heterocycles. The van der Waals surface area contributed by atoms with Gasteiger partial charge in [0.05, 0.1) is 11.9 Å². The Labute approximate surface area is 125 Å². The zero-order valence-electron chi connectivity index (χ0n) is 12.7. The molecule has 2 atom stereocenters. The summed E-state index contributed by atoms with van der Waals surface area (Å²) in [5.41, 5.74) is -0.942. The van der Waals surface area contributed by atoms with E-state index in [1.165, 1.54) is 7.11 Å². The molecule has 1 N–H and O–H groups in total. The van der Waals surface area contributed by atoms with Crippen LogP contribution in [0.5, 0.6) is 0 Å². The monoisotopic (exact) mass is 303 g/mol. The number of ether oxygens (including phenoxy) is 1. The van der Waals surface area contributed by atoms with Crippen molar-refractivity contribution in [1.82, 2.24) is 4.90 Å². The van der Waals surface area contributed by atoms with E-state index in [0.717, 1.165) is 5.75 Å². The number of amides is 1. The summed E-state index contributed by atoms with van der Waals surface area (Å²) >= 11 is 1.63. The molecule has 1 aliphatic heterocycles. The SMILES string of the molecule is CCSC(C(=O)N1CCC(COC)(C(=O)O)C1)C(C)C. The molecule has 1 rings (SSSR count). The third kappa shape index (κ3) is 3.67. The molecule has 0 aromatic heterocycles. The van der Waals surface area contributed by atoms with Crippen LogP contribution in [0.4, 0.5) is 0 Å². The summed E-state index contributed by atoms with van der Waals surface area (Å²) in [5, 5.41) is 9.33. The second kappa shape index (κ2) is 7.31. The van der Waals surface area contributed by atoms with E-state index in [9.17, 15) is 14.7 Å². The molecule has 0 spiro atoms. The van der Waals surface area contributed by atoms with Crippen LogP contribution >= 0.6 is 11.8 Å². The van der Waals surface area contributed by atoms with E-state index in [1.807, 2.05) is 20.8 Å². The van der Waals surface area contributed by atoms with Crippen LogP contribution in [0.2, 0.25) is 0 Å². The smallest absolute Gasteiger partial charge is 0.313 e. The minimum atomic E-state index is -0.942. The molecule has 6 heteroatoms. The Balaban J connectivity index is 2.79. The Morgan fingerprint density at radius 3 is 2.55 bits per heavy atom. The molecular weight excluding hydrogens is 278 g/mol. The zero-order valence-corrected chi connectivity index (χ0v) is 13.5. The van der Waals surface area contributed by atoms with Gasteiger partial charge in [-0.3, -0.25) is 9.59 Å². The van der Waals surface area contributed by atoms with E-state index < -0.39 is 11.4 Å². The predicted molar refractivity (Wildman–Crippen MR) is 79.9 cm³/mol. The van der Waals surface area contributed by atoms with Gasteiger partial charge >= 0.3 is 5.97 Å². The highest BCUT2D eigenvalue weighted by Gasteiger charge is 2.47. The highest BCUT2D eigenvalue weighted by molar-refractivity contribution is 8.00. The van der Waals surface area contributed by atoms with Crippen LogP contribution in [0.15, 0.2) is 0 Å². The van der Waals surface area contributed by atoms with Gasteiger partial charge in [-0.25, -0.2) is 0 Å². The number of nitrogens with zero attached hydrogens (tertiary/aromatic N) is 1. The number of hydrogen-bond acceptors (Lipinski definition) is 4. The lowest BCUT2D eigenvalue weighted by atomic mass is 9.88. The Kier molecular flexibility index (Phi) is 6.33. The maximum atomic E-state index is 12.6. The second-order valence-corrected chi connectivity index (χ2v) is 7.07. The van der Waals surface area contributed by atoms with Gasteiger partial charge in [0.25, 0.3) is 0 Å². The Morgan fingerprint density at radius 2 is 2.10 bits per heavy atom. The van der Waals surface area contributed by atoms with Crippen LogP contribution in [0.25, 0.3) is 0 Å². The molecule has 0 aromatic rings. The van der Waals surface area contributed by atoms with Gasteiger partial charge in [0.15, 0.2) is 0 Å². The number of aliphatic carboxylic acids is 1. The summed E-state index contributed by atoms with van der Waals surface area (Å²) in [5.74, 6) is 0.310. The topological polar surface area (TPSA) is 66.8 Å². The van der Waals surface area contributed by atoms with Crippen molar-refractivity contribution < 1.29 is 19.4 Å². The van der Waals surface area contributed by atoms with E-state index in [2.05, 4.69) is 0 Å². The summed E-state index contributed by atoms with van der Waals surface area (Å²) in [7, 11) is 1.50. The fourth-order valence-corrected chi connectivity index (χ4v) is 3.64. The number of carboxylic acid groups (broad SMARTS) is 1. The first-order valence-corrected chi connectivity index (χ1v) is 8.05. The maximum absolute atomic E-state index is 12.6. The van der Waals surface area contributed by atoms with Crippen molar-refractivity contribution in [1.29, 1.82) is 0 Å². The lowest BCUT2D eigenvalue weighted by Gasteiger charge is -2.27. The summed E-state index contributed by atoms with van der Waals surface area (Å²) in [6, 6.07) is 0. The van der Waals surface area contributed by atoms with Gasteiger partial charge in [-0.05, 0) is 18.1 Å². The molecule has 0 radical (unpaired) electrons. The summed E-state index contributed by atoms with van der Waals surface area (Å²) < 4.78 is 5.05. The molecule has 5 nitrogen and oxygen atoms in total. The number of carboxylic acids is 1. The average Bonchev–Trinajstić information content (AvgIpc) is 2.81. The quantitative estimate of drug-likeness (QED) is 0.775. The van der Waals surface area contributed by atoms with Gasteiger partial charge in [0.2, 0.25) is 5.91 Å². The Hall–Kier alpha value is -0.750. The largest absolute Gasteiger partial charge is 0.481 e. The highest BCUT2D eigenvalue weighted by Crippen LogP contribution is 2.33. The number of methoxy groups -OCH3 is 1. The number of carbonyl (C=O) groups is 2. The number of hydrogen-bond donors (Lipinski definition) is 1. The van der Waals surface area contributed by atoms with Crippen LogP contribution in [0, 0.1) is 11.3 Å². The van der Waals surface area contributed by atoms with Crippen LogP contribution in [0.3, 0.4) is 0 Å². The fourth-order valence-electron chi connectivity index (χ4n) is 2.60. The van der Waals surface area contributed by atoms with Crippen molar-refractivity contribution >= 4 is 23.6 Å². The minimum Gasteiger partial charge on any atom is -0.481 e. The van der Waals surface area contributed by atoms with Gasteiger partial charge in [0.1, 0.15) is 5.41 Å². The molecule has 0 aromatic carbocycles. The minimum absolute atomic E-state index is 0.0612. The lowest BCUT2D eigenvalue weighted by molar-refractivity contribution is -0.151. The van der Waals surface area contributed by atoms with Gasteiger partial charge in [-0.1, -0.05) is 20.8 Å². The zero-order chi connectivity index (χ0) is 15.3. The summed E-state index contributed by atoms with van der Waals surface area (Å²) in [6.45, 7) is 7.00. The van der Waals surface area contributed by atoms with Crippen LogP contribution in [-0.4, -0.2) is 59.7 Å². The van der Waals surface area contributed by atoms with E-state index in [1.54, 1.807) is 16.7 Å². The first-order valence-electron chi connectivity index (χ1n) is 7.00. The Bertz CT molecular complexity index is 361. The maximum Gasteiger partial charge on any atom is 0.313 e. The molecule has 0 saturated carbocycles. The van der Waals surface area contributed by atoms with Gasteiger partial charge < -0.3 is 14.7 Å². The molecular formula is C14H25NO4S. The number of rotatable bonds is 7. The van der Waals surface area contributed by atoms with E-state index in [-0.39, 0.29) is 30.2 Å². The van der Waals surface area contributed by atoms with Crippen LogP contribution < -0.4 is 0 Å². The molecule has 0 bridgehead atoms. The van der Waals surface area contributed by atoms with E-state index >= 15 is 0 Å². The molecule has 2 unspecified atom stereocenters. The standard InChI is InChI=1S/C14H25NO4S/c1-5-20-11(10(2)3)12(16)15-7-6-14(8-15,9-19-4)13(17)18/h10-11H,5-9H2,1-4H3,(H,17,18). The van der Waals surface area contributed by atoms with Crippen molar-refractivity contribution in [2.45, 2.75) is 32.4 Å². The molecule has 1 heterocycles. The van der Waals surface area contributed by atoms with Gasteiger partial charge in [-0.2, -0.15) is 0 Å². The van der Waals surface area contributed by atoms with Gasteiger partial charge in [-0.15, -0.1) is 11.8 Å². The average molecular weight is 303 g/mol. The molecule has 0 aliphatic carbocycles. The molecule has 1 fully saturated rings. The lowest BCUT2D eigenvalue weighted by Crippen LogP contribution is -2.43. The first kappa shape index (κ1) is 17.3. The molecule has 116 valence electrons. The third-order valence-corrected chi connectivity index (χ3v) is 5.17. The number of thioether (sulfide) groups is 1. The number of carbonyl (C=O) groups excluding carboxylic acids is 1. The van der Waals surface area contributed by atoms with Crippen LogP contribution in [0.1, 0.15) is 27.2 Å². The van der Waals surface area contributed by atoms with Crippen molar-refractivity contribution in [3.63, 3.8) is 0 Å². The van der Waals surface area contributed by atoms with Crippen molar-refractivity contribution in [2.24, 2.45) is 11.3 Å². The first-order chi connectivity index (χ1) is 9.38. The van der Waals surface area contributed by atoms with Crippen molar-refractivity contribution in [2.75, 3.05) is 32.6 Å². The van der Waals surface area contributed by atoms with Crippen molar-refractivity contribution in [3.05, 3.63) is 0 Å². The van der Waals surface area contributed by atoms with Gasteiger partial charge in [0, 0.05) is 20.2 Å². The third-order valence-electron chi connectivity index (χ3n) is 3.73. The summed E-state index contributed by atoms with van der Waals surface area (Å²) in [4.78, 5) is 25.7. The molecule has 20 heavy (non-hydrogen) atoms. The highest BCUT2D eigenvalue weighted by atomic mass is 32.2. The summed E-state index contributed by atoms with van der Waals surface area (Å²) in [6.07, 6.45) is 0.462. The van der Waals surface area contributed by atoms with Crippen molar-refractivity contribution in [3.8, 4) is 0 Å².